The molecule has 0 aromatic heterocycles. The van der Waals surface area contributed by atoms with Crippen molar-refractivity contribution in [2.75, 3.05) is 19.8 Å². The van der Waals surface area contributed by atoms with E-state index in [0.717, 1.165) is 12.8 Å². The Labute approximate surface area is 185 Å². The van der Waals surface area contributed by atoms with Gasteiger partial charge in [0.15, 0.2) is 30.2 Å². The Morgan fingerprint density at radius 1 is 0.875 bits per heavy atom. The lowest BCUT2D eigenvalue weighted by Gasteiger charge is -2.30. The van der Waals surface area contributed by atoms with Crippen molar-refractivity contribution in [2.45, 2.75) is 58.2 Å². The quantitative estimate of drug-likeness (QED) is 0.433. The molecule has 3 nitrogen and oxygen atoms in total. The van der Waals surface area contributed by atoms with Gasteiger partial charge >= 0.3 is 0 Å². The molecule has 1 aliphatic heterocycles. The number of aryl methyl sites for hydroxylation is 1. The van der Waals surface area contributed by atoms with Crippen LogP contribution in [-0.4, -0.2) is 26.1 Å². The predicted molar refractivity (Wildman–Crippen MR) is 113 cm³/mol. The van der Waals surface area contributed by atoms with E-state index in [4.69, 9.17) is 14.2 Å². The molecule has 0 spiro atoms. The number of hydrogen-bond donors (Lipinski definition) is 0. The van der Waals surface area contributed by atoms with Gasteiger partial charge in [0, 0.05) is 23.5 Å². The molecule has 2 aromatic rings. The molecular weight excluding hydrogens is 424 g/mol. The summed E-state index contributed by atoms with van der Waals surface area (Å²) in [5.41, 5.74) is -0.212. The lowest BCUT2D eigenvalue weighted by molar-refractivity contribution is -0.203. The first-order valence-electron chi connectivity index (χ1n) is 11.2. The summed E-state index contributed by atoms with van der Waals surface area (Å²) in [6, 6.07) is 5.89. The van der Waals surface area contributed by atoms with Gasteiger partial charge in [0.25, 0.3) is 0 Å². The number of alkyl halides is 2. The summed E-state index contributed by atoms with van der Waals surface area (Å²) >= 11 is 0. The Morgan fingerprint density at radius 3 is 2.12 bits per heavy atom. The Balaban J connectivity index is 1.56. The van der Waals surface area contributed by atoms with Crippen LogP contribution in [0, 0.1) is 17.6 Å². The molecule has 1 fully saturated rings. The van der Waals surface area contributed by atoms with Crippen LogP contribution in [0.3, 0.4) is 0 Å². The smallest absolute Gasteiger partial charge is 0.171 e. The van der Waals surface area contributed by atoms with Crippen LogP contribution < -0.4 is 4.74 Å². The number of halogens is 4. The fourth-order valence-electron chi connectivity index (χ4n) is 4.57. The summed E-state index contributed by atoms with van der Waals surface area (Å²) in [6.07, 6.45) is -2.31. The van der Waals surface area contributed by atoms with Gasteiger partial charge in [-0.05, 0) is 42.5 Å². The zero-order valence-electron chi connectivity index (χ0n) is 18.3. The third kappa shape index (κ3) is 4.25. The summed E-state index contributed by atoms with van der Waals surface area (Å²) in [5, 5.41) is 0. The maximum absolute atomic E-state index is 15.3. The van der Waals surface area contributed by atoms with E-state index >= 15 is 8.78 Å². The van der Waals surface area contributed by atoms with Crippen LogP contribution in [0.2, 0.25) is 0 Å². The standard InChI is InChI=1S/C25H28F4O3/c1-3-5-14-12-31-19(32-13-14)11-7-15-6-8-16-17-9-10-18(30-4-2)23(27)21(17)25(29)24(28)20(16)22(15)26/h6,8-10,14,19,24-25H,3-5,7,11-13H2,1-2H3. The topological polar surface area (TPSA) is 27.7 Å². The van der Waals surface area contributed by atoms with Gasteiger partial charge in [-0.3, -0.25) is 0 Å². The van der Waals surface area contributed by atoms with Crippen LogP contribution in [0.1, 0.15) is 62.1 Å². The number of benzene rings is 2. The van der Waals surface area contributed by atoms with Gasteiger partial charge in [-0.15, -0.1) is 0 Å². The fraction of sp³-hybridized carbons (Fsp3) is 0.520. The molecule has 0 amide bonds. The van der Waals surface area contributed by atoms with E-state index in [0.29, 0.717) is 25.6 Å². The molecule has 1 heterocycles. The molecule has 0 radical (unpaired) electrons. The van der Waals surface area contributed by atoms with Crippen molar-refractivity contribution >= 4 is 0 Å². The van der Waals surface area contributed by atoms with Crippen LogP contribution in [-0.2, 0) is 15.9 Å². The second-order valence-corrected chi connectivity index (χ2v) is 8.36. The zero-order chi connectivity index (χ0) is 22.8. The van der Waals surface area contributed by atoms with Gasteiger partial charge in [-0.25, -0.2) is 17.6 Å². The summed E-state index contributed by atoms with van der Waals surface area (Å²) in [6.45, 7) is 5.17. The molecule has 7 heteroatoms. The van der Waals surface area contributed by atoms with E-state index in [9.17, 15) is 8.78 Å². The van der Waals surface area contributed by atoms with E-state index < -0.39 is 35.8 Å². The van der Waals surface area contributed by atoms with E-state index in [1.165, 1.54) is 18.2 Å². The molecule has 2 atom stereocenters. The first-order valence-corrected chi connectivity index (χ1v) is 11.2. The normalized spacial score (nSPS) is 24.7. The minimum atomic E-state index is -2.32. The first-order chi connectivity index (χ1) is 15.5. The average Bonchev–Trinajstić information content (AvgIpc) is 2.79. The van der Waals surface area contributed by atoms with Gasteiger partial charge in [0.05, 0.1) is 19.8 Å². The van der Waals surface area contributed by atoms with Crippen molar-refractivity contribution in [3.8, 4) is 16.9 Å². The molecule has 0 bridgehead atoms. The van der Waals surface area contributed by atoms with E-state index in [1.54, 1.807) is 13.0 Å². The molecule has 2 aliphatic rings. The third-order valence-electron chi connectivity index (χ3n) is 6.18. The average molecular weight is 452 g/mol. The molecule has 1 saturated heterocycles. The Kier molecular flexibility index (Phi) is 7.05. The predicted octanol–water partition coefficient (Wildman–Crippen LogP) is 6.79. The van der Waals surface area contributed by atoms with Gasteiger partial charge in [-0.2, -0.15) is 0 Å². The van der Waals surface area contributed by atoms with Gasteiger partial charge in [0.1, 0.15) is 5.82 Å². The highest BCUT2D eigenvalue weighted by molar-refractivity contribution is 5.76. The van der Waals surface area contributed by atoms with Crippen molar-refractivity contribution in [1.29, 1.82) is 0 Å². The fourth-order valence-corrected chi connectivity index (χ4v) is 4.57. The Hall–Kier alpha value is -2.12. The summed E-state index contributed by atoms with van der Waals surface area (Å²) < 4.78 is 76.6. The van der Waals surface area contributed by atoms with Crippen LogP contribution in [0.25, 0.3) is 11.1 Å². The molecule has 4 rings (SSSR count). The van der Waals surface area contributed by atoms with Crippen LogP contribution in [0.5, 0.6) is 5.75 Å². The van der Waals surface area contributed by atoms with Crippen molar-refractivity contribution in [1.82, 2.24) is 0 Å². The van der Waals surface area contributed by atoms with E-state index in [1.807, 2.05) is 0 Å². The van der Waals surface area contributed by atoms with Crippen LogP contribution in [0.15, 0.2) is 24.3 Å². The molecule has 32 heavy (non-hydrogen) atoms. The maximum Gasteiger partial charge on any atom is 0.171 e. The lowest BCUT2D eigenvalue weighted by atomic mass is 9.81. The summed E-state index contributed by atoms with van der Waals surface area (Å²) in [4.78, 5) is 0. The molecule has 0 N–H and O–H groups in total. The number of ether oxygens (including phenoxy) is 3. The molecule has 1 aliphatic carbocycles. The van der Waals surface area contributed by atoms with Crippen molar-refractivity contribution < 1.29 is 31.8 Å². The van der Waals surface area contributed by atoms with Gasteiger partial charge in [0.2, 0.25) is 0 Å². The molecular formula is C25H28F4O3. The second-order valence-electron chi connectivity index (χ2n) is 8.36. The highest BCUT2D eigenvalue weighted by atomic mass is 19.2. The minimum Gasteiger partial charge on any atom is -0.491 e. The van der Waals surface area contributed by atoms with Crippen molar-refractivity contribution in [2.24, 2.45) is 5.92 Å². The molecule has 0 saturated carbocycles. The summed E-state index contributed by atoms with van der Waals surface area (Å²) in [7, 11) is 0. The number of fused-ring (bicyclic) bond motifs is 3. The minimum absolute atomic E-state index is 0.143. The monoisotopic (exact) mass is 452 g/mol. The van der Waals surface area contributed by atoms with Crippen LogP contribution in [0.4, 0.5) is 17.6 Å². The van der Waals surface area contributed by atoms with Gasteiger partial charge in [-0.1, -0.05) is 31.5 Å². The van der Waals surface area contributed by atoms with E-state index in [-0.39, 0.29) is 41.0 Å². The number of rotatable bonds is 7. The van der Waals surface area contributed by atoms with Crippen molar-refractivity contribution in [3.63, 3.8) is 0 Å². The molecule has 2 unspecified atom stereocenters. The largest absolute Gasteiger partial charge is 0.491 e. The third-order valence-corrected chi connectivity index (χ3v) is 6.18. The van der Waals surface area contributed by atoms with Crippen LogP contribution >= 0.6 is 0 Å². The Bertz CT molecular complexity index is 957. The second kappa shape index (κ2) is 9.79. The number of hydrogen-bond acceptors (Lipinski definition) is 3. The molecule has 174 valence electrons. The van der Waals surface area contributed by atoms with E-state index in [2.05, 4.69) is 6.92 Å². The lowest BCUT2D eigenvalue weighted by Crippen LogP contribution is -2.32. The first kappa shape index (κ1) is 23.1. The highest BCUT2D eigenvalue weighted by Gasteiger charge is 2.40. The molecule has 2 aromatic carbocycles. The highest BCUT2D eigenvalue weighted by Crippen LogP contribution is 2.51. The SMILES string of the molecule is CCCC1COC(CCc2ccc3c(c2F)C(F)C(F)c2c-3ccc(OCC)c2F)OC1. The van der Waals surface area contributed by atoms with Crippen molar-refractivity contribution in [3.05, 3.63) is 52.6 Å². The Morgan fingerprint density at radius 2 is 1.50 bits per heavy atom. The maximum atomic E-state index is 15.3. The van der Waals surface area contributed by atoms with Gasteiger partial charge < -0.3 is 14.2 Å². The zero-order valence-corrected chi connectivity index (χ0v) is 18.3. The summed E-state index contributed by atoms with van der Waals surface area (Å²) in [5.74, 6) is -1.51.